The van der Waals surface area contributed by atoms with Crippen molar-refractivity contribution in [1.29, 1.82) is 0 Å². The highest BCUT2D eigenvalue weighted by atomic mass is 79.9. The predicted octanol–water partition coefficient (Wildman–Crippen LogP) is 4.25. The number of nitrogens with one attached hydrogen (secondary N) is 1. The molecule has 8 heteroatoms. The maximum Gasteiger partial charge on any atom is 0.417 e. The number of nitrogens with zero attached hydrogens (tertiary/aromatic N) is 1. The first-order valence-corrected chi connectivity index (χ1v) is 6.37. The van der Waals surface area contributed by atoms with Gasteiger partial charge in [0.2, 0.25) is 5.95 Å². The quantitative estimate of drug-likeness (QED) is 0.640. The second-order valence-corrected chi connectivity index (χ2v) is 4.85. The van der Waals surface area contributed by atoms with E-state index in [0.717, 1.165) is 12.1 Å². The third kappa shape index (κ3) is 3.78. The van der Waals surface area contributed by atoms with Gasteiger partial charge < -0.3 is 5.32 Å². The van der Waals surface area contributed by atoms with Gasteiger partial charge in [-0.3, -0.25) is 4.79 Å². The van der Waals surface area contributed by atoms with Crippen molar-refractivity contribution in [2.24, 2.45) is 0 Å². The topological polar surface area (TPSA) is 42.0 Å². The lowest BCUT2D eigenvalue weighted by Gasteiger charge is -2.11. The van der Waals surface area contributed by atoms with Gasteiger partial charge in [-0.25, -0.2) is 4.98 Å². The number of hydrogen-bond acceptors (Lipinski definition) is 2. The first kappa shape index (κ1) is 15.4. The molecule has 0 aliphatic rings. The molecule has 0 atom stereocenters. The van der Waals surface area contributed by atoms with Crippen molar-refractivity contribution in [3.05, 3.63) is 57.9 Å². The Kier molecular flexibility index (Phi) is 4.26. The molecule has 0 unspecified atom stereocenters. The largest absolute Gasteiger partial charge is 0.417 e. The van der Waals surface area contributed by atoms with E-state index < -0.39 is 23.6 Å². The van der Waals surface area contributed by atoms with Crippen LogP contribution in [0.5, 0.6) is 0 Å². The fourth-order valence-corrected chi connectivity index (χ4v) is 2.02. The maximum atomic E-state index is 12.9. The minimum Gasteiger partial charge on any atom is -0.306 e. The van der Waals surface area contributed by atoms with Gasteiger partial charge in [-0.2, -0.15) is 17.6 Å². The van der Waals surface area contributed by atoms with Crippen molar-refractivity contribution >= 4 is 27.7 Å². The molecule has 2 rings (SSSR count). The molecular weight excluding hydrogens is 356 g/mol. The van der Waals surface area contributed by atoms with Crippen LogP contribution in [0.25, 0.3) is 0 Å². The van der Waals surface area contributed by atoms with Gasteiger partial charge in [-0.15, -0.1) is 0 Å². The van der Waals surface area contributed by atoms with Crippen molar-refractivity contribution in [3.63, 3.8) is 0 Å². The number of benzene rings is 1. The molecule has 1 amide bonds. The van der Waals surface area contributed by atoms with Gasteiger partial charge in [0.25, 0.3) is 5.91 Å². The summed E-state index contributed by atoms with van der Waals surface area (Å²) in [4.78, 5) is 15.3. The summed E-state index contributed by atoms with van der Waals surface area (Å²) in [5.74, 6) is -1.71. The molecule has 0 saturated heterocycles. The van der Waals surface area contributed by atoms with Crippen molar-refractivity contribution in [2.75, 3.05) is 5.32 Å². The van der Waals surface area contributed by atoms with Crippen LogP contribution in [0.1, 0.15) is 15.9 Å². The zero-order valence-electron chi connectivity index (χ0n) is 10.2. The lowest BCUT2D eigenvalue weighted by molar-refractivity contribution is -0.138. The highest BCUT2D eigenvalue weighted by Crippen LogP contribution is 2.35. The molecule has 0 radical (unpaired) electrons. The van der Waals surface area contributed by atoms with Crippen LogP contribution < -0.4 is 5.32 Å². The highest BCUT2D eigenvalue weighted by molar-refractivity contribution is 9.10. The Bertz CT molecular complexity index is 688. The molecule has 1 N–H and O–H groups in total. The molecule has 1 heterocycles. The minimum atomic E-state index is -4.59. The van der Waals surface area contributed by atoms with Gasteiger partial charge in [0.05, 0.1) is 5.56 Å². The van der Waals surface area contributed by atoms with E-state index in [9.17, 15) is 22.4 Å². The van der Waals surface area contributed by atoms with E-state index in [0.29, 0.717) is 6.07 Å². The number of aromatic nitrogens is 1. The van der Waals surface area contributed by atoms with Gasteiger partial charge >= 0.3 is 6.18 Å². The van der Waals surface area contributed by atoms with Gasteiger partial charge in [0.15, 0.2) is 0 Å². The van der Waals surface area contributed by atoms with Crippen molar-refractivity contribution in [2.45, 2.75) is 6.18 Å². The Labute approximate surface area is 125 Å². The molecule has 2 aromatic rings. The monoisotopic (exact) mass is 362 g/mol. The SMILES string of the molecule is O=C(Nc1cccc(F)n1)c1ccc(Br)c(C(F)(F)F)c1. The summed E-state index contributed by atoms with van der Waals surface area (Å²) in [6, 6.07) is 6.77. The Balaban J connectivity index is 2.28. The molecule has 0 fully saturated rings. The Hall–Kier alpha value is -1.96. The zero-order valence-corrected chi connectivity index (χ0v) is 11.8. The molecule has 21 heavy (non-hydrogen) atoms. The number of pyridine rings is 1. The molecule has 1 aromatic carbocycles. The number of alkyl halides is 3. The standard InChI is InChI=1S/C13H7BrF4N2O/c14-9-5-4-7(6-8(9)13(16,17)18)12(21)20-11-3-1-2-10(15)19-11/h1-6H,(H,19,20,21). The third-order valence-electron chi connectivity index (χ3n) is 2.49. The second kappa shape index (κ2) is 5.80. The van der Waals surface area contributed by atoms with E-state index >= 15 is 0 Å². The van der Waals surface area contributed by atoms with Gasteiger partial charge in [-0.1, -0.05) is 22.0 Å². The van der Waals surface area contributed by atoms with E-state index in [1.165, 1.54) is 18.2 Å². The number of carbonyl (C=O) groups excluding carboxylic acids is 1. The summed E-state index contributed by atoms with van der Waals surface area (Å²) in [7, 11) is 0. The van der Waals surface area contributed by atoms with Crippen LogP contribution in [-0.2, 0) is 6.18 Å². The molecule has 0 aliphatic heterocycles. The van der Waals surface area contributed by atoms with Crippen LogP contribution in [0.3, 0.4) is 0 Å². The van der Waals surface area contributed by atoms with Crippen LogP contribution in [0, 0.1) is 5.95 Å². The number of anilines is 1. The summed E-state index contributed by atoms with van der Waals surface area (Å²) >= 11 is 2.78. The van der Waals surface area contributed by atoms with E-state index in [1.807, 2.05) is 0 Å². The Morgan fingerprint density at radius 1 is 1.19 bits per heavy atom. The molecule has 0 bridgehead atoms. The highest BCUT2D eigenvalue weighted by Gasteiger charge is 2.33. The van der Waals surface area contributed by atoms with Crippen LogP contribution in [0.2, 0.25) is 0 Å². The minimum absolute atomic E-state index is 0.0866. The van der Waals surface area contributed by atoms with Gasteiger partial charge in [0, 0.05) is 10.0 Å². The van der Waals surface area contributed by atoms with E-state index in [4.69, 9.17) is 0 Å². The first-order valence-electron chi connectivity index (χ1n) is 5.58. The van der Waals surface area contributed by atoms with Gasteiger partial charge in [0.1, 0.15) is 5.82 Å². The molecule has 0 aliphatic carbocycles. The molecular formula is C13H7BrF4N2O. The summed E-state index contributed by atoms with van der Waals surface area (Å²) in [6.45, 7) is 0. The van der Waals surface area contributed by atoms with Crippen LogP contribution in [0.4, 0.5) is 23.4 Å². The van der Waals surface area contributed by atoms with Crippen LogP contribution in [0.15, 0.2) is 40.9 Å². The average molecular weight is 363 g/mol. The number of hydrogen-bond donors (Lipinski definition) is 1. The fourth-order valence-electron chi connectivity index (χ4n) is 1.55. The Morgan fingerprint density at radius 3 is 2.52 bits per heavy atom. The lowest BCUT2D eigenvalue weighted by atomic mass is 10.1. The van der Waals surface area contributed by atoms with Crippen molar-refractivity contribution in [1.82, 2.24) is 4.98 Å². The third-order valence-corrected chi connectivity index (χ3v) is 3.18. The number of amides is 1. The molecule has 110 valence electrons. The first-order chi connectivity index (χ1) is 9.77. The molecule has 0 saturated carbocycles. The van der Waals surface area contributed by atoms with Crippen molar-refractivity contribution in [3.8, 4) is 0 Å². The lowest BCUT2D eigenvalue weighted by Crippen LogP contribution is -2.15. The van der Waals surface area contributed by atoms with E-state index in [-0.39, 0.29) is 15.9 Å². The van der Waals surface area contributed by atoms with Crippen LogP contribution in [-0.4, -0.2) is 10.9 Å². The van der Waals surface area contributed by atoms with E-state index in [1.54, 1.807) is 0 Å². The predicted molar refractivity (Wildman–Crippen MR) is 71.3 cm³/mol. The average Bonchev–Trinajstić information content (AvgIpc) is 2.37. The maximum absolute atomic E-state index is 12.9. The summed E-state index contributed by atoms with van der Waals surface area (Å²) < 4.78 is 50.9. The molecule has 0 spiro atoms. The second-order valence-electron chi connectivity index (χ2n) is 3.99. The zero-order chi connectivity index (χ0) is 15.6. The summed E-state index contributed by atoms with van der Waals surface area (Å²) in [5.41, 5.74) is -1.18. The van der Waals surface area contributed by atoms with E-state index in [2.05, 4.69) is 26.2 Å². The number of carbonyl (C=O) groups is 1. The van der Waals surface area contributed by atoms with Crippen LogP contribution >= 0.6 is 15.9 Å². The smallest absolute Gasteiger partial charge is 0.306 e. The van der Waals surface area contributed by atoms with Crippen molar-refractivity contribution < 1.29 is 22.4 Å². The number of rotatable bonds is 2. The fraction of sp³-hybridized carbons (Fsp3) is 0.0769. The summed E-state index contributed by atoms with van der Waals surface area (Å²) in [6.07, 6.45) is -4.59. The molecule has 3 nitrogen and oxygen atoms in total. The normalized spacial score (nSPS) is 11.3. The van der Waals surface area contributed by atoms with Gasteiger partial charge in [-0.05, 0) is 30.3 Å². The summed E-state index contributed by atoms with van der Waals surface area (Å²) in [5, 5.41) is 2.22. The number of halogens is 5. The molecule has 1 aromatic heterocycles. The Morgan fingerprint density at radius 2 is 1.90 bits per heavy atom.